The van der Waals surface area contributed by atoms with Crippen LogP contribution in [0.1, 0.15) is 49.4 Å². The fourth-order valence-corrected chi connectivity index (χ4v) is 3.23. The van der Waals surface area contributed by atoms with Crippen LogP contribution in [0.5, 0.6) is 0 Å². The number of likely N-dealkylation sites (tertiary alicyclic amines) is 1. The summed E-state index contributed by atoms with van der Waals surface area (Å²) in [6, 6.07) is 7.60. The van der Waals surface area contributed by atoms with Crippen LogP contribution in [0.3, 0.4) is 0 Å². The number of aryl methyl sites for hydroxylation is 2. The zero-order valence-electron chi connectivity index (χ0n) is 12.8. The van der Waals surface area contributed by atoms with Crippen LogP contribution in [0.25, 0.3) is 0 Å². The maximum Gasteiger partial charge on any atom is 0.0322 e. The zero-order valence-corrected chi connectivity index (χ0v) is 12.8. The van der Waals surface area contributed by atoms with Crippen LogP contribution in [-0.2, 0) is 0 Å². The van der Waals surface area contributed by atoms with Crippen LogP contribution < -0.4 is 5.73 Å². The molecular formula is C17H28N2. The van der Waals surface area contributed by atoms with Gasteiger partial charge in [0.2, 0.25) is 0 Å². The number of benzene rings is 1. The summed E-state index contributed by atoms with van der Waals surface area (Å²) >= 11 is 0. The van der Waals surface area contributed by atoms with Gasteiger partial charge in [-0.05, 0) is 64.1 Å². The summed E-state index contributed by atoms with van der Waals surface area (Å²) in [5, 5.41) is 0. The highest BCUT2D eigenvalue weighted by atomic mass is 15.2. The Balaban J connectivity index is 2.14. The molecule has 3 atom stereocenters. The lowest BCUT2D eigenvalue weighted by Crippen LogP contribution is -2.43. The van der Waals surface area contributed by atoms with Gasteiger partial charge < -0.3 is 5.73 Å². The van der Waals surface area contributed by atoms with Gasteiger partial charge in [-0.2, -0.15) is 0 Å². The van der Waals surface area contributed by atoms with Crippen molar-refractivity contribution in [1.82, 2.24) is 4.90 Å². The highest BCUT2D eigenvalue weighted by molar-refractivity contribution is 5.32. The van der Waals surface area contributed by atoms with E-state index >= 15 is 0 Å². The molecule has 0 radical (unpaired) electrons. The van der Waals surface area contributed by atoms with Gasteiger partial charge in [0, 0.05) is 18.6 Å². The molecular weight excluding hydrogens is 232 g/mol. The Morgan fingerprint density at radius 1 is 1.26 bits per heavy atom. The summed E-state index contributed by atoms with van der Waals surface area (Å²) in [6.07, 6.45) is 2.56. The van der Waals surface area contributed by atoms with Crippen LogP contribution in [0.15, 0.2) is 18.2 Å². The summed E-state index contributed by atoms with van der Waals surface area (Å²) in [4.78, 5) is 2.61. The molecule has 1 heterocycles. The molecule has 1 aliphatic rings. The van der Waals surface area contributed by atoms with E-state index in [1.165, 1.54) is 36.1 Å². The molecule has 2 N–H and O–H groups in total. The largest absolute Gasteiger partial charge is 0.328 e. The Labute approximate surface area is 118 Å². The lowest BCUT2D eigenvalue weighted by atomic mass is 9.89. The molecule has 1 fully saturated rings. The molecule has 2 heteroatoms. The summed E-state index contributed by atoms with van der Waals surface area (Å²) in [5.74, 6) is 0.654. The minimum atomic E-state index is 0.314. The average molecular weight is 260 g/mol. The molecule has 3 unspecified atom stereocenters. The number of rotatable bonds is 3. The van der Waals surface area contributed by atoms with Gasteiger partial charge in [0.05, 0.1) is 0 Å². The summed E-state index contributed by atoms with van der Waals surface area (Å²) < 4.78 is 0. The third kappa shape index (κ3) is 3.37. The van der Waals surface area contributed by atoms with Crippen LogP contribution >= 0.6 is 0 Å². The number of hydrogen-bond acceptors (Lipinski definition) is 2. The van der Waals surface area contributed by atoms with Crippen molar-refractivity contribution in [2.45, 2.75) is 52.6 Å². The first-order chi connectivity index (χ1) is 8.99. The second-order valence-corrected chi connectivity index (χ2v) is 6.29. The van der Waals surface area contributed by atoms with E-state index in [2.05, 4.69) is 50.8 Å². The molecule has 0 aromatic heterocycles. The van der Waals surface area contributed by atoms with Gasteiger partial charge in [-0.3, -0.25) is 4.90 Å². The molecule has 0 saturated carbocycles. The maximum atomic E-state index is 6.10. The molecule has 1 aromatic rings. The summed E-state index contributed by atoms with van der Waals surface area (Å²) in [5.41, 5.74) is 10.3. The van der Waals surface area contributed by atoms with Crippen molar-refractivity contribution in [2.75, 3.05) is 13.1 Å². The lowest BCUT2D eigenvalue weighted by molar-refractivity contribution is 0.121. The normalized spacial score (nSPS) is 24.2. The van der Waals surface area contributed by atoms with E-state index in [0.717, 1.165) is 6.54 Å². The van der Waals surface area contributed by atoms with Gasteiger partial charge in [0.15, 0.2) is 0 Å². The van der Waals surface area contributed by atoms with Gasteiger partial charge in [0.25, 0.3) is 0 Å². The number of piperidine rings is 1. The van der Waals surface area contributed by atoms with E-state index in [0.29, 0.717) is 18.0 Å². The van der Waals surface area contributed by atoms with Crippen molar-refractivity contribution < 1.29 is 0 Å². The van der Waals surface area contributed by atoms with E-state index in [4.69, 9.17) is 5.73 Å². The molecule has 0 amide bonds. The molecule has 0 spiro atoms. The highest BCUT2D eigenvalue weighted by Crippen LogP contribution is 2.29. The Hall–Kier alpha value is -0.860. The zero-order chi connectivity index (χ0) is 14.0. The summed E-state index contributed by atoms with van der Waals surface area (Å²) in [6.45, 7) is 11.2. The van der Waals surface area contributed by atoms with E-state index in [-0.39, 0.29) is 0 Å². The molecule has 19 heavy (non-hydrogen) atoms. The molecule has 1 aliphatic heterocycles. The molecule has 0 aliphatic carbocycles. The topological polar surface area (TPSA) is 29.3 Å². The highest BCUT2D eigenvalue weighted by Gasteiger charge is 2.26. The Morgan fingerprint density at radius 2 is 2.00 bits per heavy atom. The van der Waals surface area contributed by atoms with Crippen molar-refractivity contribution in [1.29, 1.82) is 0 Å². The van der Waals surface area contributed by atoms with Crippen molar-refractivity contribution in [3.63, 3.8) is 0 Å². The maximum absolute atomic E-state index is 6.10. The van der Waals surface area contributed by atoms with Gasteiger partial charge in [-0.25, -0.2) is 0 Å². The Bertz CT molecular complexity index is 425. The molecule has 1 aromatic carbocycles. The fraction of sp³-hybridized carbons (Fsp3) is 0.647. The van der Waals surface area contributed by atoms with Gasteiger partial charge in [-0.15, -0.1) is 0 Å². The first kappa shape index (κ1) is 14.5. The third-order valence-corrected chi connectivity index (χ3v) is 4.67. The molecule has 106 valence electrons. The second kappa shape index (κ2) is 6.06. The first-order valence-corrected chi connectivity index (χ1v) is 7.56. The number of hydrogen-bond donors (Lipinski definition) is 1. The Morgan fingerprint density at radius 3 is 2.68 bits per heavy atom. The van der Waals surface area contributed by atoms with E-state index < -0.39 is 0 Å². The molecule has 0 bridgehead atoms. The predicted octanol–water partition coefficient (Wildman–Crippen LogP) is 3.42. The molecule has 2 nitrogen and oxygen atoms in total. The summed E-state index contributed by atoms with van der Waals surface area (Å²) in [7, 11) is 0. The minimum Gasteiger partial charge on any atom is -0.328 e. The predicted molar refractivity (Wildman–Crippen MR) is 82.3 cm³/mol. The number of nitrogens with two attached hydrogens (primary N) is 1. The van der Waals surface area contributed by atoms with Crippen LogP contribution in [0.2, 0.25) is 0 Å². The van der Waals surface area contributed by atoms with Gasteiger partial charge in [0.1, 0.15) is 0 Å². The average Bonchev–Trinajstić information content (AvgIpc) is 2.41. The van der Waals surface area contributed by atoms with E-state index in [1.54, 1.807) is 0 Å². The quantitative estimate of drug-likeness (QED) is 0.902. The minimum absolute atomic E-state index is 0.314. The number of nitrogens with zero attached hydrogens (tertiary/aromatic N) is 1. The third-order valence-electron chi connectivity index (χ3n) is 4.67. The molecule has 1 saturated heterocycles. The SMILES string of the molecule is Cc1ccc(C)c(C(C)N2CCCC(C(C)N)C2)c1. The van der Waals surface area contributed by atoms with Crippen LogP contribution in [0.4, 0.5) is 0 Å². The van der Waals surface area contributed by atoms with Gasteiger partial charge >= 0.3 is 0 Å². The standard InChI is InChI=1S/C17H28N2/c1-12-7-8-13(2)17(10-12)15(4)19-9-5-6-16(11-19)14(3)18/h7-8,10,14-16H,5-6,9,11,18H2,1-4H3. The Kier molecular flexibility index (Phi) is 4.64. The fourth-order valence-electron chi connectivity index (χ4n) is 3.23. The van der Waals surface area contributed by atoms with Crippen LogP contribution in [0, 0.1) is 19.8 Å². The second-order valence-electron chi connectivity index (χ2n) is 6.29. The monoisotopic (exact) mass is 260 g/mol. The lowest BCUT2D eigenvalue weighted by Gasteiger charge is -2.39. The van der Waals surface area contributed by atoms with Crippen molar-refractivity contribution in [3.05, 3.63) is 34.9 Å². The smallest absolute Gasteiger partial charge is 0.0322 e. The van der Waals surface area contributed by atoms with Crippen molar-refractivity contribution in [2.24, 2.45) is 11.7 Å². The van der Waals surface area contributed by atoms with Gasteiger partial charge in [-0.1, -0.05) is 23.8 Å². The molecule has 2 rings (SSSR count). The van der Waals surface area contributed by atoms with E-state index in [9.17, 15) is 0 Å². The van der Waals surface area contributed by atoms with Crippen molar-refractivity contribution in [3.8, 4) is 0 Å². The first-order valence-electron chi connectivity index (χ1n) is 7.56. The van der Waals surface area contributed by atoms with Crippen molar-refractivity contribution >= 4 is 0 Å². The van der Waals surface area contributed by atoms with Crippen LogP contribution in [-0.4, -0.2) is 24.0 Å². The van der Waals surface area contributed by atoms with E-state index in [1.807, 2.05) is 0 Å².